The first-order chi connectivity index (χ1) is 13.5. The number of hydrogen-bond acceptors (Lipinski definition) is 3. The summed E-state index contributed by atoms with van der Waals surface area (Å²) in [6, 6.07) is 13.4. The topological polar surface area (TPSA) is 78.4 Å². The van der Waals surface area contributed by atoms with Gasteiger partial charge in [0.1, 0.15) is 5.82 Å². The van der Waals surface area contributed by atoms with Crippen LogP contribution in [0.25, 0.3) is 17.2 Å². The Morgan fingerprint density at radius 3 is 2.21 bits per heavy atom. The van der Waals surface area contributed by atoms with E-state index in [1.54, 1.807) is 30.3 Å². The molecule has 0 spiro atoms. The van der Waals surface area contributed by atoms with E-state index in [4.69, 9.17) is 5.21 Å². The molecule has 0 aromatic heterocycles. The summed E-state index contributed by atoms with van der Waals surface area (Å²) in [5.74, 6) is -1.14. The lowest BCUT2D eigenvalue weighted by atomic mass is 9.94. The fourth-order valence-corrected chi connectivity index (χ4v) is 2.82. The van der Waals surface area contributed by atoms with Crippen LogP contribution in [0, 0.1) is 5.82 Å². The number of carbonyl (C=O) groups is 2. The third-order valence-corrected chi connectivity index (χ3v) is 4.53. The molecule has 28 heavy (non-hydrogen) atoms. The van der Waals surface area contributed by atoms with Gasteiger partial charge in [-0.05, 0) is 60.2 Å². The second kappa shape index (κ2) is 8.63. The van der Waals surface area contributed by atoms with Crippen molar-refractivity contribution in [2.45, 2.75) is 25.8 Å². The summed E-state index contributed by atoms with van der Waals surface area (Å²) < 4.78 is 13.3. The predicted molar refractivity (Wildman–Crippen MR) is 105 cm³/mol. The predicted octanol–water partition coefficient (Wildman–Crippen LogP) is 3.55. The molecule has 5 nitrogen and oxygen atoms in total. The van der Waals surface area contributed by atoms with Crippen molar-refractivity contribution in [1.82, 2.24) is 10.8 Å². The van der Waals surface area contributed by atoms with E-state index >= 15 is 0 Å². The normalized spacial score (nSPS) is 14.5. The van der Waals surface area contributed by atoms with Crippen LogP contribution < -0.4 is 10.8 Å². The number of amides is 2. The Hall–Kier alpha value is -3.25. The van der Waals surface area contributed by atoms with Gasteiger partial charge in [-0.1, -0.05) is 36.4 Å². The van der Waals surface area contributed by atoms with Crippen molar-refractivity contribution < 1.29 is 19.2 Å². The molecule has 1 aliphatic carbocycles. The lowest BCUT2D eigenvalue weighted by Crippen LogP contribution is -2.26. The highest BCUT2D eigenvalue weighted by molar-refractivity contribution is 6.26. The summed E-state index contributed by atoms with van der Waals surface area (Å²) in [5, 5.41) is 11.5. The molecule has 0 unspecified atom stereocenters. The molecule has 1 fully saturated rings. The molecule has 0 atom stereocenters. The number of halogens is 1. The number of carbonyl (C=O) groups excluding carboxylic acids is 2. The van der Waals surface area contributed by atoms with E-state index in [2.05, 4.69) is 5.32 Å². The molecular formula is C22H21FN2O3. The van der Waals surface area contributed by atoms with Gasteiger partial charge in [-0.2, -0.15) is 0 Å². The number of rotatable bonds is 6. The summed E-state index contributed by atoms with van der Waals surface area (Å²) in [4.78, 5) is 23.9. The van der Waals surface area contributed by atoms with Gasteiger partial charge in [-0.25, -0.2) is 9.87 Å². The molecule has 2 aromatic carbocycles. The molecule has 1 saturated carbocycles. The van der Waals surface area contributed by atoms with Crippen LogP contribution in [0.2, 0.25) is 0 Å². The molecule has 0 bridgehead atoms. The molecule has 0 radical (unpaired) electrons. The average molecular weight is 380 g/mol. The molecule has 3 N–H and O–H groups in total. The maximum Gasteiger partial charge on any atom is 0.267 e. The van der Waals surface area contributed by atoms with E-state index in [-0.39, 0.29) is 17.8 Å². The summed E-state index contributed by atoms with van der Waals surface area (Å²) in [6.45, 7) is 1.86. The van der Waals surface area contributed by atoms with Gasteiger partial charge < -0.3 is 5.32 Å². The van der Waals surface area contributed by atoms with Crippen molar-refractivity contribution in [3.8, 4) is 0 Å². The number of benzene rings is 2. The van der Waals surface area contributed by atoms with Gasteiger partial charge in [0, 0.05) is 12.1 Å². The SMILES string of the molecule is CC(=C(C(=O)NC1CC1)c1ccc(F)cc1)c1ccc(/C=C/C(=O)NO)cc1. The molecule has 2 amide bonds. The summed E-state index contributed by atoms with van der Waals surface area (Å²) in [7, 11) is 0. The quantitative estimate of drug-likeness (QED) is 0.310. The molecule has 3 rings (SSSR count). The Bertz CT molecular complexity index is 927. The largest absolute Gasteiger partial charge is 0.349 e. The van der Waals surface area contributed by atoms with Crippen LogP contribution in [0.15, 0.2) is 54.6 Å². The van der Waals surface area contributed by atoms with Gasteiger partial charge in [-0.3, -0.25) is 14.8 Å². The van der Waals surface area contributed by atoms with Crippen molar-refractivity contribution in [2.24, 2.45) is 0 Å². The smallest absolute Gasteiger partial charge is 0.267 e. The second-order valence-electron chi connectivity index (χ2n) is 6.69. The van der Waals surface area contributed by atoms with Crippen LogP contribution in [-0.2, 0) is 9.59 Å². The van der Waals surface area contributed by atoms with Gasteiger partial charge in [0.05, 0.1) is 5.57 Å². The first kappa shape index (κ1) is 19.5. The Balaban J connectivity index is 1.94. The maximum absolute atomic E-state index is 13.3. The average Bonchev–Trinajstić information content (AvgIpc) is 3.52. The monoisotopic (exact) mass is 380 g/mol. The Morgan fingerprint density at radius 2 is 1.64 bits per heavy atom. The number of nitrogens with one attached hydrogen (secondary N) is 2. The fraction of sp³-hybridized carbons (Fsp3) is 0.182. The highest BCUT2D eigenvalue weighted by atomic mass is 19.1. The molecule has 6 heteroatoms. The van der Waals surface area contributed by atoms with Crippen LogP contribution in [0.1, 0.15) is 36.5 Å². The van der Waals surface area contributed by atoms with Gasteiger partial charge in [0.25, 0.3) is 11.8 Å². The van der Waals surface area contributed by atoms with E-state index in [9.17, 15) is 14.0 Å². The third kappa shape index (κ3) is 4.92. The standard InChI is InChI=1S/C22H21FN2O3/c1-14(16-5-2-15(3-6-16)4-13-20(26)25-28)21(22(27)24-19-11-12-19)17-7-9-18(23)10-8-17/h2-10,13,19,28H,11-12H2,1H3,(H,24,27)(H,25,26)/b13-4+,21-14?. The van der Waals surface area contributed by atoms with Crippen molar-refractivity contribution in [3.63, 3.8) is 0 Å². The molecule has 0 heterocycles. The van der Waals surface area contributed by atoms with Crippen LogP contribution in [0.5, 0.6) is 0 Å². The molecule has 2 aromatic rings. The number of hydroxylamine groups is 1. The van der Waals surface area contributed by atoms with Gasteiger partial charge in [-0.15, -0.1) is 0 Å². The zero-order valence-corrected chi connectivity index (χ0v) is 15.4. The van der Waals surface area contributed by atoms with Crippen molar-refractivity contribution in [3.05, 3.63) is 77.1 Å². The van der Waals surface area contributed by atoms with E-state index < -0.39 is 5.91 Å². The molecule has 0 saturated heterocycles. The Morgan fingerprint density at radius 1 is 1.04 bits per heavy atom. The molecule has 1 aliphatic rings. The molecular weight excluding hydrogens is 359 g/mol. The van der Waals surface area contributed by atoms with Crippen molar-refractivity contribution >= 4 is 29.0 Å². The van der Waals surface area contributed by atoms with Crippen LogP contribution in [0.4, 0.5) is 4.39 Å². The Kier molecular flexibility index (Phi) is 6.01. The molecule has 144 valence electrons. The van der Waals surface area contributed by atoms with Crippen molar-refractivity contribution in [1.29, 1.82) is 0 Å². The van der Waals surface area contributed by atoms with E-state index in [1.807, 2.05) is 19.1 Å². The van der Waals surface area contributed by atoms with Crippen LogP contribution in [-0.4, -0.2) is 23.1 Å². The van der Waals surface area contributed by atoms with E-state index in [0.29, 0.717) is 11.1 Å². The van der Waals surface area contributed by atoms with Crippen LogP contribution >= 0.6 is 0 Å². The number of allylic oxidation sites excluding steroid dienone is 1. The van der Waals surface area contributed by atoms with Crippen molar-refractivity contribution in [2.75, 3.05) is 0 Å². The fourth-order valence-electron chi connectivity index (χ4n) is 2.82. The molecule has 0 aliphatic heterocycles. The lowest BCUT2D eigenvalue weighted by Gasteiger charge is -2.14. The summed E-state index contributed by atoms with van der Waals surface area (Å²) in [5.41, 5.74) is 5.08. The maximum atomic E-state index is 13.3. The van der Waals surface area contributed by atoms with E-state index in [1.165, 1.54) is 23.7 Å². The number of hydrogen-bond donors (Lipinski definition) is 3. The third-order valence-electron chi connectivity index (χ3n) is 4.53. The first-order valence-electron chi connectivity index (χ1n) is 8.98. The Labute approximate surface area is 162 Å². The first-order valence-corrected chi connectivity index (χ1v) is 8.98. The summed E-state index contributed by atoms with van der Waals surface area (Å²) >= 11 is 0. The second-order valence-corrected chi connectivity index (χ2v) is 6.69. The van der Waals surface area contributed by atoms with E-state index in [0.717, 1.165) is 29.5 Å². The van der Waals surface area contributed by atoms with Crippen LogP contribution in [0.3, 0.4) is 0 Å². The van der Waals surface area contributed by atoms with Gasteiger partial charge >= 0.3 is 0 Å². The minimum atomic E-state index is -0.615. The lowest BCUT2D eigenvalue weighted by molar-refractivity contribution is -0.124. The zero-order chi connectivity index (χ0) is 20.1. The minimum absolute atomic E-state index is 0.171. The van der Waals surface area contributed by atoms with Gasteiger partial charge in [0.15, 0.2) is 0 Å². The highest BCUT2D eigenvalue weighted by Crippen LogP contribution is 2.29. The van der Waals surface area contributed by atoms with Gasteiger partial charge in [0.2, 0.25) is 0 Å². The highest BCUT2D eigenvalue weighted by Gasteiger charge is 2.26. The minimum Gasteiger partial charge on any atom is -0.349 e. The zero-order valence-electron chi connectivity index (χ0n) is 15.4. The summed E-state index contributed by atoms with van der Waals surface area (Å²) in [6.07, 6.45) is 4.73.